The minimum absolute atomic E-state index is 0.275. The molecule has 154 valence electrons. The highest BCUT2D eigenvalue weighted by atomic mass is 32.1. The van der Waals surface area contributed by atoms with E-state index in [2.05, 4.69) is 9.97 Å². The maximum absolute atomic E-state index is 10.5. The molecular weight excluding hydrogens is 406 g/mol. The Bertz CT molecular complexity index is 1190. The van der Waals surface area contributed by atoms with Gasteiger partial charge >= 0.3 is 0 Å². The Balaban J connectivity index is 1.63. The van der Waals surface area contributed by atoms with Gasteiger partial charge in [-0.05, 0) is 0 Å². The van der Waals surface area contributed by atoms with Crippen molar-refractivity contribution in [1.82, 2.24) is 19.5 Å². The Morgan fingerprint density at radius 1 is 1.13 bits per heavy atom. The predicted octanol–water partition coefficient (Wildman–Crippen LogP) is 1.42. The summed E-state index contributed by atoms with van der Waals surface area (Å²) in [7, 11) is 0. The third kappa shape index (κ3) is 2.97. The maximum atomic E-state index is 10.5. The highest BCUT2D eigenvalue weighted by Gasteiger charge is 2.44. The summed E-state index contributed by atoms with van der Waals surface area (Å²) in [4.78, 5) is 13.2. The number of rotatable bonds is 4. The highest BCUT2D eigenvalue weighted by Crippen LogP contribution is 2.40. The molecule has 0 radical (unpaired) electrons. The number of thiazole rings is 1. The summed E-state index contributed by atoms with van der Waals surface area (Å²) in [5.41, 5.74) is 9.14. The van der Waals surface area contributed by atoms with Crippen molar-refractivity contribution in [3.8, 4) is 21.8 Å². The van der Waals surface area contributed by atoms with Gasteiger partial charge in [-0.25, -0.2) is 15.0 Å². The number of nitrogens with two attached hydrogens (primary N) is 1. The minimum Gasteiger partial charge on any atom is -0.394 e. The average molecular weight is 425 g/mol. The molecule has 4 unspecified atom stereocenters. The number of aromatic nitrogens is 4. The van der Waals surface area contributed by atoms with Crippen molar-refractivity contribution in [2.24, 2.45) is 0 Å². The van der Waals surface area contributed by atoms with Crippen LogP contribution >= 0.6 is 11.3 Å². The maximum Gasteiger partial charge on any atom is 0.164 e. The Hall–Kier alpha value is -2.89. The highest BCUT2D eigenvalue weighted by molar-refractivity contribution is 7.13. The fourth-order valence-electron chi connectivity index (χ4n) is 3.71. The molecule has 3 aromatic heterocycles. The van der Waals surface area contributed by atoms with E-state index >= 15 is 0 Å². The van der Waals surface area contributed by atoms with Crippen LogP contribution in [0.1, 0.15) is 6.23 Å². The van der Waals surface area contributed by atoms with Crippen LogP contribution in [0.3, 0.4) is 0 Å². The number of aliphatic hydroxyl groups is 3. The molecule has 0 saturated carbocycles. The molecule has 1 saturated heterocycles. The normalized spacial score (nSPS) is 24.0. The van der Waals surface area contributed by atoms with Gasteiger partial charge in [-0.3, -0.25) is 0 Å². The molecule has 10 heteroatoms. The monoisotopic (exact) mass is 425 g/mol. The molecule has 4 heterocycles. The Labute approximate surface area is 175 Å². The lowest BCUT2D eigenvalue weighted by Gasteiger charge is -2.17. The van der Waals surface area contributed by atoms with Crippen molar-refractivity contribution in [3.63, 3.8) is 0 Å². The van der Waals surface area contributed by atoms with Gasteiger partial charge in [0.05, 0.1) is 17.7 Å². The molecule has 1 aromatic carbocycles. The first-order chi connectivity index (χ1) is 14.6. The SMILES string of the molecule is Nc1ncnc2c1c(-c1nc(-c3ccccc3)cs1)cn2C1OC(CO)C(O)C1O. The summed E-state index contributed by atoms with van der Waals surface area (Å²) < 4.78 is 7.29. The topological polar surface area (TPSA) is 140 Å². The second-order valence-corrected chi connectivity index (χ2v) is 7.90. The lowest BCUT2D eigenvalue weighted by molar-refractivity contribution is -0.0508. The first-order valence-electron chi connectivity index (χ1n) is 9.33. The van der Waals surface area contributed by atoms with Gasteiger partial charge in [0.2, 0.25) is 0 Å². The van der Waals surface area contributed by atoms with Crippen LogP contribution < -0.4 is 5.73 Å². The fraction of sp³-hybridized carbons (Fsp3) is 0.250. The molecule has 1 aliphatic heterocycles. The first kappa shape index (κ1) is 19.1. The van der Waals surface area contributed by atoms with Crippen LogP contribution in [0.5, 0.6) is 0 Å². The zero-order valence-electron chi connectivity index (χ0n) is 15.7. The van der Waals surface area contributed by atoms with E-state index in [1.807, 2.05) is 35.7 Å². The molecule has 0 spiro atoms. The van der Waals surface area contributed by atoms with Crippen molar-refractivity contribution < 1.29 is 20.1 Å². The van der Waals surface area contributed by atoms with Crippen molar-refractivity contribution in [2.45, 2.75) is 24.5 Å². The predicted molar refractivity (Wildman–Crippen MR) is 111 cm³/mol. The number of hydrogen-bond donors (Lipinski definition) is 4. The average Bonchev–Trinajstić information content (AvgIpc) is 3.46. The lowest BCUT2D eigenvalue weighted by atomic mass is 10.1. The van der Waals surface area contributed by atoms with Gasteiger partial charge in [-0.1, -0.05) is 30.3 Å². The summed E-state index contributed by atoms with van der Waals surface area (Å²) in [6.45, 7) is -0.412. The summed E-state index contributed by atoms with van der Waals surface area (Å²) in [5, 5.41) is 33.3. The number of benzene rings is 1. The molecule has 5 rings (SSSR count). The van der Waals surface area contributed by atoms with Crippen LogP contribution in [0.2, 0.25) is 0 Å². The van der Waals surface area contributed by atoms with Crippen LogP contribution in [-0.2, 0) is 4.74 Å². The van der Waals surface area contributed by atoms with Crippen LogP contribution in [0.15, 0.2) is 48.2 Å². The van der Waals surface area contributed by atoms with E-state index in [-0.39, 0.29) is 5.82 Å². The van der Waals surface area contributed by atoms with Crippen LogP contribution in [0.25, 0.3) is 32.9 Å². The summed E-state index contributed by atoms with van der Waals surface area (Å²) in [6.07, 6.45) is -1.21. The molecule has 5 N–H and O–H groups in total. The first-order valence-corrected chi connectivity index (χ1v) is 10.2. The number of ether oxygens (including phenoxy) is 1. The van der Waals surface area contributed by atoms with Gasteiger partial charge in [-0.15, -0.1) is 11.3 Å². The molecular formula is C20H19N5O4S. The second-order valence-electron chi connectivity index (χ2n) is 7.04. The Morgan fingerprint density at radius 2 is 1.93 bits per heavy atom. The van der Waals surface area contributed by atoms with Gasteiger partial charge in [0.1, 0.15) is 41.1 Å². The van der Waals surface area contributed by atoms with Gasteiger partial charge in [0.15, 0.2) is 6.23 Å². The van der Waals surface area contributed by atoms with E-state index in [4.69, 9.17) is 15.5 Å². The number of aliphatic hydroxyl groups excluding tert-OH is 3. The molecule has 1 fully saturated rings. The third-order valence-electron chi connectivity index (χ3n) is 5.23. The van der Waals surface area contributed by atoms with E-state index in [1.165, 1.54) is 17.7 Å². The van der Waals surface area contributed by atoms with Crippen LogP contribution in [0, 0.1) is 0 Å². The Kier molecular flexibility index (Phi) is 4.72. The van der Waals surface area contributed by atoms with Gasteiger partial charge in [0, 0.05) is 22.7 Å². The summed E-state index contributed by atoms with van der Waals surface area (Å²) in [6, 6.07) is 9.82. The zero-order chi connectivity index (χ0) is 20.8. The Morgan fingerprint density at radius 3 is 2.67 bits per heavy atom. The van der Waals surface area contributed by atoms with E-state index in [9.17, 15) is 15.3 Å². The molecule has 0 bridgehead atoms. The minimum atomic E-state index is -1.24. The number of hydrogen-bond acceptors (Lipinski definition) is 9. The van der Waals surface area contributed by atoms with E-state index < -0.39 is 31.1 Å². The van der Waals surface area contributed by atoms with Crippen molar-refractivity contribution in [1.29, 1.82) is 0 Å². The summed E-state index contributed by atoms with van der Waals surface area (Å²) in [5.74, 6) is 0.275. The van der Waals surface area contributed by atoms with Crippen molar-refractivity contribution in [2.75, 3.05) is 12.3 Å². The van der Waals surface area contributed by atoms with Crippen LogP contribution in [-0.4, -0.2) is 59.8 Å². The van der Waals surface area contributed by atoms with Gasteiger partial charge < -0.3 is 30.4 Å². The van der Waals surface area contributed by atoms with E-state index in [0.29, 0.717) is 21.6 Å². The number of nitrogen functional groups attached to an aromatic ring is 1. The fourth-order valence-corrected chi connectivity index (χ4v) is 4.56. The van der Waals surface area contributed by atoms with E-state index in [0.717, 1.165) is 11.3 Å². The largest absolute Gasteiger partial charge is 0.394 e. The molecule has 0 amide bonds. The molecule has 9 nitrogen and oxygen atoms in total. The zero-order valence-corrected chi connectivity index (χ0v) is 16.5. The molecule has 0 aliphatic carbocycles. The standard InChI is InChI=1S/C20H19N5O4S/c21-17-14-11(19-24-12(8-30-19)10-4-2-1-3-5-10)6-25(18(14)23-9-22-17)20-16(28)15(27)13(7-26)29-20/h1-6,8-9,13,15-16,20,26-28H,7H2,(H2,21,22,23). The van der Waals surface area contributed by atoms with Crippen LogP contribution in [0.4, 0.5) is 5.82 Å². The number of nitrogens with zero attached hydrogens (tertiary/aromatic N) is 4. The van der Waals surface area contributed by atoms with Crippen molar-refractivity contribution >= 4 is 28.2 Å². The third-order valence-corrected chi connectivity index (χ3v) is 6.11. The molecule has 4 atom stereocenters. The molecule has 30 heavy (non-hydrogen) atoms. The van der Waals surface area contributed by atoms with Crippen molar-refractivity contribution in [3.05, 3.63) is 48.2 Å². The second kappa shape index (κ2) is 7.42. The smallest absolute Gasteiger partial charge is 0.164 e. The number of fused-ring (bicyclic) bond motifs is 1. The summed E-state index contributed by atoms with van der Waals surface area (Å²) >= 11 is 1.46. The van der Waals surface area contributed by atoms with Gasteiger partial charge in [-0.2, -0.15) is 0 Å². The quantitative estimate of drug-likeness (QED) is 0.385. The van der Waals surface area contributed by atoms with E-state index in [1.54, 1.807) is 10.8 Å². The molecule has 1 aliphatic rings. The number of anilines is 1. The molecule has 4 aromatic rings. The van der Waals surface area contributed by atoms with Gasteiger partial charge in [0.25, 0.3) is 0 Å². The lowest BCUT2D eigenvalue weighted by Crippen LogP contribution is -2.33.